The molecule has 6 nitrogen and oxygen atoms in total. The van der Waals surface area contributed by atoms with Crippen LogP contribution in [0, 0.1) is 0 Å². The highest BCUT2D eigenvalue weighted by atomic mass is 16.4. The number of nitrogens with zero attached hydrogens (tertiary/aromatic N) is 4. The molecule has 1 aromatic rings. The highest BCUT2D eigenvalue weighted by Crippen LogP contribution is 2.14. The largest absolute Gasteiger partial charge is 0.478 e. The number of hydrogen-bond acceptors (Lipinski definition) is 4. The van der Waals surface area contributed by atoms with E-state index in [1.165, 1.54) is 6.20 Å². The summed E-state index contributed by atoms with van der Waals surface area (Å²) < 4.78 is 1.66. The zero-order valence-corrected chi connectivity index (χ0v) is 11.1. The molecule has 0 saturated carbocycles. The van der Waals surface area contributed by atoms with Gasteiger partial charge in [0.1, 0.15) is 5.56 Å². The van der Waals surface area contributed by atoms with Crippen LogP contribution in [0.2, 0.25) is 0 Å². The topological polar surface area (TPSA) is 61.6 Å². The van der Waals surface area contributed by atoms with Crippen molar-refractivity contribution >= 4 is 5.97 Å². The fraction of sp³-hybridized carbons (Fsp3) is 0.667. The molecule has 1 aromatic heterocycles. The molecule has 18 heavy (non-hydrogen) atoms. The van der Waals surface area contributed by atoms with Gasteiger partial charge in [0.2, 0.25) is 0 Å². The van der Waals surface area contributed by atoms with E-state index in [9.17, 15) is 4.79 Å². The predicted molar refractivity (Wildman–Crippen MR) is 67.5 cm³/mol. The number of carbonyl (C=O) groups is 1. The minimum absolute atomic E-state index is 0.309. The average molecular weight is 252 g/mol. The number of aromatic nitrogens is 2. The first-order valence-corrected chi connectivity index (χ1v) is 6.15. The summed E-state index contributed by atoms with van der Waals surface area (Å²) in [6.45, 7) is 5.77. The summed E-state index contributed by atoms with van der Waals surface area (Å²) in [4.78, 5) is 15.7. The Morgan fingerprint density at radius 2 is 2.22 bits per heavy atom. The molecule has 1 N–H and O–H groups in total. The van der Waals surface area contributed by atoms with Crippen molar-refractivity contribution in [3.05, 3.63) is 17.5 Å². The van der Waals surface area contributed by atoms with Crippen LogP contribution < -0.4 is 0 Å². The Bertz CT molecular complexity index is 443. The maximum absolute atomic E-state index is 11.1. The molecule has 0 radical (unpaired) electrons. The van der Waals surface area contributed by atoms with E-state index in [0.29, 0.717) is 18.2 Å². The smallest absolute Gasteiger partial charge is 0.339 e. The van der Waals surface area contributed by atoms with Gasteiger partial charge < -0.3 is 10.0 Å². The molecule has 0 aromatic carbocycles. The van der Waals surface area contributed by atoms with E-state index in [0.717, 1.165) is 25.3 Å². The fourth-order valence-corrected chi connectivity index (χ4v) is 2.31. The molecule has 6 heteroatoms. The van der Waals surface area contributed by atoms with E-state index in [1.54, 1.807) is 11.7 Å². The van der Waals surface area contributed by atoms with E-state index >= 15 is 0 Å². The lowest BCUT2D eigenvalue weighted by molar-refractivity contribution is 0.0690. The van der Waals surface area contributed by atoms with Gasteiger partial charge in [0.15, 0.2) is 0 Å². The van der Waals surface area contributed by atoms with Crippen LogP contribution in [-0.2, 0) is 13.6 Å². The van der Waals surface area contributed by atoms with Crippen LogP contribution in [0.3, 0.4) is 0 Å². The number of aromatic carboxylic acids is 1. The number of piperazine rings is 1. The standard InChI is InChI=1S/C12H20N4O2/c1-9-7-16(5-4-14(9)2)8-11-10(12(17)18)6-13-15(11)3/h6,9H,4-5,7-8H2,1-3H3,(H,17,18). The van der Waals surface area contributed by atoms with Gasteiger partial charge in [-0.05, 0) is 14.0 Å². The Balaban J connectivity index is 2.10. The molecule has 0 amide bonds. The Hall–Kier alpha value is -1.40. The van der Waals surface area contributed by atoms with Crippen molar-refractivity contribution in [2.45, 2.75) is 19.5 Å². The zero-order chi connectivity index (χ0) is 13.3. The van der Waals surface area contributed by atoms with Gasteiger partial charge in [0.05, 0.1) is 11.9 Å². The second-order valence-corrected chi connectivity index (χ2v) is 5.00. The first-order chi connectivity index (χ1) is 8.49. The van der Waals surface area contributed by atoms with Gasteiger partial charge in [-0.3, -0.25) is 9.58 Å². The lowest BCUT2D eigenvalue weighted by Gasteiger charge is -2.37. The molecule has 1 saturated heterocycles. The van der Waals surface area contributed by atoms with E-state index < -0.39 is 5.97 Å². The van der Waals surface area contributed by atoms with Crippen LogP contribution in [0.15, 0.2) is 6.20 Å². The van der Waals surface area contributed by atoms with Crippen molar-refractivity contribution in [3.63, 3.8) is 0 Å². The first kappa shape index (κ1) is 13.0. The second kappa shape index (κ2) is 5.07. The Kier molecular flexibility index (Phi) is 3.68. The van der Waals surface area contributed by atoms with Crippen LogP contribution in [0.25, 0.3) is 0 Å². The van der Waals surface area contributed by atoms with Gasteiger partial charge in [-0.2, -0.15) is 5.10 Å². The Morgan fingerprint density at radius 3 is 2.83 bits per heavy atom. The maximum atomic E-state index is 11.1. The summed E-state index contributed by atoms with van der Waals surface area (Å²) in [7, 11) is 3.91. The first-order valence-electron chi connectivity index (χ1n) is 6.15. The molecule has 1 unspecified atom stereocenters. The molecular weight excluding hydrogens is 232 g/mol. The monoisotopic (exact) mass is 252 g/mol. The van der Waals surface area contributed by atoms with Gasteiger partial charge in [0, 0.05) is 39.3 Å². The van der Waals surface area contributed by atoms with Crippen LogP contribution in [0.5, 0.6) is 0 Å². The molecule has 1 aliphatic heterocycles. The summed E-state index contributed by atoms with van der Waals surface area (Å²) in [5.41, 5.74) is 1.09. The second-order valence-electron chi connectivity index (χ2n) is 5.00. The molecule has 100 valence electrons. The van der Waals surface area contributed by atoms with Crippen LogP contribution >= 0.6 is 0 Å². The van der Waals surface area contributed by atoms with Gasteiger partial charge in [0.25, 0.3) is 0 Å². The van der Waals surface area contributed by atoms with Gasteiger partial charge in [-0.25, -0.2) is 4.79 Å². The molecule has 2 rings (SSSR count). The van der Waals surface area contributed by atoms with Crippen LogP contribution in [-0.4, -0.2) is 63.4 Å². The summed E-state index contributed by atoms with van der Waals surface area (Å²) in [6.07, 6.45) is 1.43. The van der Waals surface area contributed by atoms with E-state index in [1.807, 2.05) is 0 Å². The van der Waals surface area contributed by atoms with Crippen LogP contribution in [0.1, 0.15) is 23.0 Å². The van der Waals surface area contributed by atoms with Crippen molar-refractivity contribution in [1.29, 1.82) is 0 Å². The average Bonchev–Trinajstić information content (AvgIpc) is 2.66. The summed E-state index contributed by atoms with van der Waals surface area (Å²) >= 11 is 0. The lowest BCUT2D eigenvalue weighted by atomic mass is 10.1. The maximum Gasteiger partial charge on any atom is 0.339 e. The molecule has 0 aliphatic carbocycles. The van der Waals surface area contributed by atoms with Gasteiger partial charge in [-0.1, -0.05) is 0 Å². The summed E-state index contributed by atoms with van der Waals surface area (Å²) in [5.74, 6) is -0.903. The van der Waals surface area contributed by atoms with E-state index in [2.05, 4.69) is 28.9 Å². The molecule has 1 atom stereocenters. The van der Waals surface area contributed by atoms with Crippen molar-refractivity contribution in [2.75, 3.05) is 26.7 Å². The molecule has 1 fully saturated rings. The van der Waals surface area contributed by atoms with Crippen molar-refractivity contribution in [1.82, 2.24) is 19.6 Å². The van der Waals surface area contributed by atoms with Crippen molar-refractivity contribution < 1.29 is 9.90 Å². The Labute approximate surface area is 107 Å². The Morgan fingerprint density at radius 1 is 1.50 bits per heavy atom. The van der Waals surface area contributed by atoms with Crippen LogP contribution in [0.4, 0.5) is 0 Å². The third-order valence-electron chi connectivity index (χ3n) is 3.71. The summed E-state index contributed by atoms with van der Waals surface area (Å²) in [6, 6.07) is 0.500. The van der Waals surface area contributed by atoms with Gasteiger partial charge >= 0.3 is 5.97 Å². The number of hydrogen-bond donors (Lipinski definition) is 1. The lowest BCUT2D eigenvalue weighted by Crippen LogP contribution is -2.49. The molecule has 2 heterocycles. The minimum Gasteiger partial charge on any atom is -0.478 e. The fourth-order valence-electron chi connectivity index (χ4n) is 2.31. The number of rotatable bonds is 3. The number of aryl methyl sites for hydroxylation is 1. The van der Waals surface area contributed by atoms with Crippen molar-refractivity contribution in [3.8, 4) is 0 Å². The minimum atomic E-state index is -0.903. The quantitative estimate of drug-likeness (QED) is 0.836. The highest BCUT2D eigenvalue weighted by molar-refractivity contribution is 5.88. The van der Waals surface area contributed by atoms with E-state index in [4.69, 9.17) is 5.11 Å². The highest BCUT2D eigenvalue weighted by Gasteiger charge is 2.23. The zero-order valence-electron chi connectivity index (χ0n) is 11.1. The molecule has 0 bridgehead atoms. The molecular formula is C12H20N4O2. The third kappa shape index (κ3) is 2.54. The number of carboxylic acid groups (broad SMARTS) is 1. The normalized spacial score (nSPS) is 22.3. The van der Waals surface area contributed by atoms with Gasteiger partial charge in [-0.15, -0.1) is 0 Å². The number of carboxylic acids is 1. The summed E-state index contributed by atoms with van der Waals surface area (Å²) in [5, 5.41) is 13.2. The number of likely N-dealkylation sites (N-methyl/N-ethyl adjacent to an activating group) is 1. The molecule has 1 aliphatic rings. The third-order valence-corrected chi connectivity index (χ3v) is 3.71. The SMILES string of the molecule is CC1CN(Cc2c(C(=O)O)cnn2C)CCN1C. The predicted octanol–water partition coefficient (Wildman–Crippen LogP) is 0.254. The van der Waals surface area contributed by atoms with Crippen molar-refractivity contribution in [2.24, 2.45) is 7.05 Å². The van der Waals surface area contributed by atoms with E-state index in [-0.39, 0.29) is 0 Å². The molecule has 0 spiro atoms.